The summed E-state index contributed by atoms with van der Waals surface area (Å²) in [5, 5.41) is 32.5. The molecule has 1 saturated carbocycles. The molecule has 3 aromatic rings. The molecular weight excluding hydrogens is 428 g/mol. The van der Waals surface area contributed by atoms with E-state index in [1.807, 2.05) is 24.3 Å². The van der Waals surface area contributed by atoms with Gasteiger partial charge in [-0.3, -0.25) is 10.3 Å². The summed E-state index contributed by atoms with van der Waals surface area (Å²) in [6, 6.07) is 9.57. The molecule has 3 aliphatic carbocycles. The number of aliphatic hydroxyl groups is 1. The third-order valence-corrected chi connectivity index (χ3v) is 9.47. The molecule has 34 heavy (non-hydrogen) atoms. The standard InChI is InChI=1S/C27H28N4O3/c28-25(29)15-3-5-18-16(9-15)17-11-27(33)20-10-14-4-6-19(32)23-21(14)26(27,24(34-23)22(17)30-18)7-8-31(20)12-13-1-2-13/h3-6,9,13,20,24,30,32-33H,1-2,7-8,10-12H2,(H3,28,29)/t20-,24+,26+,27-/m1/s1. The molecule has 0 amide bonds. The number of piperidine rings is 1. The van der Waals surface area contributed by atoms with Crippen molar-refractivity contribution in [3.8, 4) is 11.5 Å². The van der Waals surface area contributed by atoms with Crippen LogP contribution >= 0.6 is 0 Å². The fourth-order valence-electron chi connectivity index (χ4n) is 7.79. The van der Waals surface area contributed by atoms with E-state index in [4.69, 9.17) is 15.9 Å². The molecule has 7 nitrogen and oxygen atoms in total. The number of nitrogens with two attached hydrogens (primary N) is 1. The van der Waals surface area contributed by atoms with Crippen LogP contribution in [0.5, 0.6) is 11.5 Å². The minimum atomic E-state index is -1.01. The number of ether oxygens (including phenoxy) is 1. The van der Waals surface area contributed by atoms with Gasteiger partial charge in [0.1, 0.15) is 5.84 Å². The summed E-state index contributed by atoms with van der Waals surface area (Å²) in [7, 11) is 0. The van der Waals surface area contributed by atoms with Crippen LogP contribution in [0.25, 0.3) is 10.9 Å². The Balaban J connectivity index is 1.40. The fourth-order valence-corrected chi connectivity index (χ4v) is 7.79. The summed E-state index contributed by atoms with van der Waals surface area (Å²) >= 11 is 0. The number of nitrogens with zero attached hydrogens (tertiary/aromatic N) is 1. The first-order valence-corrected chi connectivity index (χ1v) is 12.4. The second-order valence-electron chi connectivity index (χ2n) is 11.1. The topological polar surface area (TPSA) is 119 Å². The number of nitrogens with one attached hydrogen (secondary N) is 2. The van der Waals surface area contributed by atoms with Gasteiger partial charge in [-0.05, 0) is 73.5 Å². The smallest absolute Gasteiger partial charge is 0.166 e. The molecule has 174 valence electrons. The maximum Gasteiger partial charge on any atom is 0.166 e. The van der Waals surface area contributed by atoms with Gasteiger partial charge in [-0.2, -0.15) is 0 Å². The van der Waals surface area contributed by atoms with Gasteiger partial charge in [-0.15, -0.1) is 0 Å². The van der Waals surface area contributed by atoms with Crippen molar-refractivity contribution in [3.05, 3.63) is 58.3 Å². The minimum Gasteiger partial charge on any atom is -0.504 e. The maximum atomic E-state index is 12.8. The van der Waals surface area contributed by atoms with Gasteiger partial charge < -0.3 is 25.7 Å². The van der Waals surface area contributed by atoms with E-state index in [0.29, 0.717) is 17.7 Å². The number of fused-ring (bicyclic) bond motifs is 4. The van der Waals surface area contributed by atoms with Crippen LogP contribution in [0.3, 0.4) is 0 Å². The zero-order valence-corrected chi connectivity index (χ0v) is 18.9. The Labute approximate surface area is 197 Å². The van der Waals surface area contributed by atoms with Crippen LogP contribution in [0.2, 0.25) is 0 Å². The molecule has 0 radical (unpaired) electrons. The van der Waals surface area contributed by atoms with E-state index in [2.05, 4.69) is 9.88 Å². The third kappa shape index (κ3) is 2.10. The highest BCUT2D eigenvalue weighted by atomic mass is 16.5. The number of aromatic hydroxyl groups is 1. The van der Waals surface area contributed by atoms with E-state index in [0.717, 1.165) is 59.6 Å². The zero-order valence-electron chi connectivity index (χ0n) is 18.9. The predicted octanol–water partition coefficient (Wildman–Crippen LogP) is 2.86. The Bertz CT molecular complexity index is 1420. The molecule has 1 spiro atoms. The summed E-state index contributed by atoms with van der Waals surface area (Å²) in [4.78, 5) is 6.13. The highest BCUT2D eigenvalue weighted by molar-refractivity contribution is 5.99. The number of aromatic nitrogens is 1. The average Bonchev–Trinajstić information content (AvgIpc) is 3.45. The Kier molecular flexibility index (Phi) is 3.38. The first kappa shape index (κ1) is 19.3. The van der Waals surface area contributed by atoms with Gasteiger partial charge in [-0.25, -0.2) is 0 Å². The van der Waals surface area contributed by atoms with Gasteiger partial charge >= 0.3 is 0 Å². The van der Waals surface area contributed by atoms with Crippen molar-refractivity contribution in [2.75, 3.05) is 13.1 Å². The molecule has 7 heteroatoms. The summed E-state index contributed by atoms with van der Waals surface area (Å²) in [6.45, 7) is 1.98. The van der Waals surface area contributed by atoms with Crippen molar-refractivity contribution in [2.24, 2.45) is 11.7 Å². The van der Waals surface area contributed by atoms with Crippen molar-refractivity contribution in [1.29, 1.82) is 5.41 Å². The number of phenolic OH excluding ortho intramolecular Hbond substituents is 1. The van der Waals surface area contributed by atoms with Crippen molar-refractivity contribution in [2.45, 2.75) is 55.3 Å². The fraction of sp³-hybridized carbons (Fsp3) is 0.444. The zero-order chi connectivity index (χ0) is 23.0. The SMILES string of the molecule is N=C(N)c1ccc2[nH]c3c(c2c1)C[C@@]1(O)[C@H]2Cc4ccc(O)c5c4[C@@]1(CCN2CC1CC1)[C@H]3O5. The minimum absolute atomic E-state index is 0.00466. The molecule has 0 unspecified atom stereocenters. The van der Waals surface area contributed by atoms with Gasteiger partial charge in [0.15, 0.2) is 17.6 Å². The molecule has 2 aliphatic heterocycles. The van der Waals surface area contributed by atoms with Gasteiger partial charge in [0.2, 0.25) is 0 Å². The molecule has 6 N–H and O–H groups in total. The van der Waals surface area contributed by atoms with Gasteiger partial charge in [-0.1, -0.05) is 6.07 Å². The van der Waals surface area contributed by atoms with E-state index in [1.54, 1.807) is 6.07 Å². The number of H-pyrrole nitrogens is 1. The van der Waals surface area contributed by atoms with Crippen LogP contribution in [-0.4, -0.2) is 50.7 Å². The predicted molar refractivity (Wildman–Crippen MR) is 128 cm³/mol. The maximum absolute atomic E-state index is 12.8. The molecule has 3 heterocycles. The quantitative estimate of drug-likeness (QED) is 0.307. The second kappa shape index (κ2) is 5.96. The summed E-state index contributed by atoms with van der Waals surface area (Å²) < 4.78 is 6.61. The molecule has 2 bridgehead atoms. The lowest BCUT2D eigenvalue weighted by atomic mass is 9.49. The van der Waals surface area contributed by atoms with E-state index in [-0.39, 0.29) is 23.7 Å². The highest BCUT2D eigenvalue weighted by Gasteiger charge is 2.72. The summed E-state index contributed by atoms with van der Waals surface area (Å²) in [6.07, 6.45) is 4.27. The first-order valence-electron chi connectivity index (χ1n) is 12.4. The number of hydrogen-bond donors (Lipinski definition) is 5. The van der Waals surface area contributed by atoms with Crippen LogP contribution < -0.4 is 10.5 Å². The molecular formula is C27H28N4O3. The van der Waals surface area contributed by atoms with E-state index < -0.39 is 11.0 Å². The van der Waals surface area contributed by atoms with Gasteiger partial charge in [0.05, 0.1) is 16.7 Å². The lowest BCUT2D eigenvalue weighted by Gasteiger charge is -2.62. The van der Waals surface area contributed by atoms with E-state index in [1.165, 1.54) is 18.4 Å². The number of rotatable bonds is 3. The van der Waals surface area contributed by atoms with Crippen molar-refractivity contribution in [3.63, 3.8) is 0 Å². The Morgan fingerprint density at radius 3 is 2.91 bits per heavy atom. The third-order valence-electron chi connectivity index (χ3n) is 9.47. The van der Waals surface area contributed by atoms with Crippen LogP contribution in [0.4, 0.5) is 0 Å². The lowest BCUT2D eigenvalue weighted by molar-refractivity contribution is -0.173. The second-order valence-corrected chi connectivity index (χ2v) is 11.1. The van der Waals surface area contributed by atoms with E-state index >= 15 is 0 Å². The summed E-state index contributed by atoms with van der Waals surface area (Å²) in [5.74, 6) is 1.48. The average molecular weight is 457 g/mol. The van der Waals surface area contributed by atoms with Crippen LogP contribution in [-0.2, 0) is 18.3 Å². The highest BCUT2D eigenvalue weighted by Crippen LogP contribution is 2.69. The molecule has 1 aromatic heterocycles. The van der Waals surface area contributed by atoms with Crippen molar-refractivity contribution in [1.82, 2.24) is 9.88 Å². The number of hydrogen-bond acceptors (Lipinski definition) is 5. The number of likely N-dealkylation sites (tertiary alicyclic amines) is 1. The van der Waals surface area contributed by atoms with Crippen LogP contribution in [0.1, 0.15) is 53.3 Å². The Morgan fingerprint density at radius 2 is 2.12 bits per heavy atom. The molecule has 2 aromatic carbocycles. The molecule has 1 saturated heterocycles. The molecule has 5 aliphatic rings. The number of nitrogen functional groups attached to an aromatic ring is 1. The number of benzene rings is 2. The van der Waals surface area contributed by atoms with E-state index in [9.17, 15) is 10.2 Å². The Morgan fingerprint density at radius 1 is 1.26 bits per heavy atom. The van der Waals surface area contributed by atoms with Crippen molar-refractivity contribution >= 4 is 16.7 Å². The Hall–Kier alpha value is -3.03. The first-order chi connectivity index (χ1) is 16.4. The normalized spacial score (nSPS) is 32.9. The number of amidine groups is 1. The lowest BCUT2D eigenvalue weighted by Crippen LogP contribution is -2.74. The van der Waals surface area contributed by atoms with Gasteiger partial charge in [0.25, 0.3) is 0 Å². The largest absolute Gasteiger partial charge is 0.504 e. The van der Waals surface area contributed by atoms with Crippen LogP contribution in [0, 0.1) is 11.3 Å². The number of aromatic amines is 1. The molecule has 8 rings (SSSR count). The van der Waals surface area contributed by atoms with Crippen LogP contribution in [0.15, 0.2) is 30.3 Å². The monoisotopic (exact) mass is 456 g/mol. The molecule has 2 fully saturated rings. The summed E-state index contributed by atoms with van der Waals surface area (Å²) in [5.41, 5.74) is 10.1. The number of phenols is 1. The molecule has 4 atom stereocenters. The van der Waals surface area contributed by atoms with Gasteiger partial charge in [0, 0.05) is 41.0 Å². The van der Waals surface area contributed by atoms with Crippen molar-refractivity contribution < 1.29 is 14.9 Å².